The largest absolute Gasteiger partial charge is 0.452 e. The Balaban J connectivity index is 1.88. The average Bonchev–Trinajstić information content (AvgIpc) is 2.52. The first-order valence-electron chi connectivity index (χ1n) is 8.05. The Kier molecular flexibility index (Phi) is 5.58. The van der Waals surface area contributed by atoms with Crippen LogP contribution in [-0.2, 0) is 22.4 Å². The molecule has 0 fully saturated rings. The molecule has 0 heterocycles. The second kappa shape index (κ2) is 7.43. The highest BCUT2D eigenvalue weighted by molar-refractivity contribution is 5.91. The van der Waals surface area contributed by atoms with Gasteiger partial charge in [-0.25, -0.2) is 4.79 Å². The number of hydrogen-bond donors (Lipinski definition) is 1. The second-order valence-corrected chi connectivity index (χ2v) is 6.37. The maximum Gasteiger partial charge on any atom is 0.338 e. The van der Waals surface area contributed by atoms with Crippen LogP contribution >= 0.6 is 0 Å². The van der Waals surface area contributed by atoms with Gasteiger partial charge in [-0.3, -0.25) is 4.79 Å². The molecule has 2 rings (SSSR count). The van der Waals surface area contributed by atoms with Crippen molar-refractivity contribution in [1.82, 2.24) is 5.32 Å². The monoisotopic (exact) mass is 303 g/mol. The van der Waals surface area contributed by atoms with Gasteiger partial charge in [0, 0.05) is 6.04 Å². The summed E-state index contributed by atoms with van der Waals surface area (Å²) in [6.45, 7) is 5.77. The van der Waals surface area contributed by atoms with Crippen LogP contribution in [0.25, 0.3) is 0 Å². The van der Waals surface area contributed by atoms with E-state index in [0.717, 1.165) is 12.8 Å². The predicted octanol–water partition coefficient (Wildman–Crippen LogP) is 2.88. The minimum Gasteiger partial charge on any atom is -0.452 e. The van der Waals surface area contributed by atoms with Gasteiger partial charge >= 0.3 is 5.97 Å². The number of benzene rings is 1. The van der Waals surface area contributed by atoms with Crippen molar-refractivity contribution in [2.45, 2.75) is 52.5 Å². The van der Waals surface area contributed by atoms with Crippen LogP contribution in [0.15, 0.2) is 18.2 Å². The van der Waals surface area contributed by atoms with Crippen LogP contribution in [0.4, 0.5) is 0 Å². The summed E-state index contributed by atoms with van der Waals surface area (Å²) in [4.78, 5) is 23.8. The van der Waals surface area contributed by atoms with E-state index in [9.17, 15) is 9.59 Å². The van der Waals surface area contributed by atoms with E-state index in [0.29, 0.717) is 11.5 Å². The molecule has 0 aliphatic heterocycles. The molecular weight excluding hydrogens is 278 g/mol. The van der Waals surface area contributed by atoms with Crippen molar-refractivity contribution in [2.24, 2.45) is 5.92 Å². The minimum absolute atomic E-state index is 0.0648. The zero-order valence-electron chi connectivity index (χ0n) is 13.6. The number of hydrogen-bond acceptors (Lipinski definition) is 3. The summed E-state index contributed by atoms with van der Waals surface area (Å²) in [6, 6.07) is 5.77. The molecule has 0 saturated heterocycles. The summed E-state index contributed by atoms with van der Waals surface area (Å²) in [5, 5.41) is 2.82. The van der Waals surface area contributed by atoms with Gasteiger partial charge in [0.05, 0.1) is 5.56 Å². The molecule has 4 heteroatoms. The summed E-state index contributed by atoms with van der Waals surface area (Å²) >= 11 is 0. The molecule has 1 aliphatic rings. The summed E-state index contributed by atoms with van der Waals surface area (Å²) < 4.78 is 5.11. The number of carbonyl (C=O) groups excluding carboxylic acids is 2. The number of amides is 1. The molecule has 1 aliphatic carbocycles. The molecular formula is C18H25NO3. The van der Waals surface area contributed by atoms with E-state index in [1.165, 1.54) is 24.0 Å². The molecule has 0 aromatic heterocycles. The van der Waals surface area contributed by atoms with E-state index < -0.39 is 5.97 Å². The van der Waals surface area contributed by atoms with Crippen molar-refractivity contribution in [3.05, 3.63) is 34.9 Å². The number of esters is 1. The Labute approximate surface area is 132 Å². The Morgan fingerprint density at radius 1 is 1.14 bits per heavy atom. The van der Waals surface area contributed by atoms with Crippen LogP contribution in [0.2, 0.25) is 0 Å². The fourth-order valence-corrected chi connectivity index (χ4v) is 2.54. The first-order chi connectivity index (χ1) is 10.5. The van der Waals surface area contributed by atoms with Crippen molar-refractivity contribution in [1.29, 1.82) is 0 Å². The quantitative estimate of drug-likeness (QED) is 0.851. The zero-order valence-corrected chi connectivity index (χ0v) is 13.6. The van der Waals surface area contributed by atoms with Gasteiger partial charge in [-0.15, -0.1) is 0 Å². The van der Waals surface area contributed by atoms with E-state index in [1.807, 2.05) is 32.9 Å². The summed E-state index contributed by atoms with van der Waals surface area (Å²) in [6.07, 6.45) is 4.48. The zero-order chi connectivity index (χ0) is 16.1. The Morgan fingerprint density at radius 3 is 2.50 bits per heavy atom. The third-order valence-electron chi connectivity index (χ3n) is 4.31. The average molecular weight is 303 g/mol. The molecule has 0 spiro atoms. The topological polar surface area (TPSA) is 55.4 Å². The van der Waals surface area contributed by atoms with Crippen LogP contribution in [0, 0.1) is 5.92 Å². The third kappa shape index (κ3) is 4.33. The number of carbonyl (C=O) groups is 2. The minimum atomic E-state index is -0.430. The normalized spacial score (nSPS) is 15.1. The van der Waals surface area contributed by atoms with Crippen molar-refractivity contribution in [3.63, 3.8) is 0 Å². The van der Waals surface area contributed by atoms with Crippen LogP contribution in [0.3, 0.4) is 0 Å². The molecule has 0 unspecified atom stereocenters. The van der Waals surface area contributed by atoms with Gasteiger partial charge in [0.2, 0.25) is 0 Å². The molecule has 0 radical (unpaired) electrons. The van der Waals surface area contributed by atoms with Crippen LogP contribution in [0.1, 0.15) is 55.1 Å². The Morgan fingerprint density at radius 2 is 1.82 bits per heavy atom. The highest BCUT2D eigenvalue weighted by Crippen LogP contribution is 2.22. The number of fused-ring (bicyclic) bond motifs is 1. The molecule has 1 atom stereocenters. The van der Waals surface area contributed by atoms with Crippen LogP contribution in [-0.4, -0.2) is 24.5 Å². The van der Waals surface area contributed by atoms with Gasteiger partial charge in [0.15, 0.2) is 6.61 Å². The van der Waals surface area contributed by atoms with E-state index in [2.05, 4.69) is 5.32 Å². The highest BCUT2D eigenvalue weighted by atomic mass is 16.5. The lowest BCUT2D eigenvalue weighted by Gasteiger charge is -2.18. The fraction of sp³-hybridized carbons (Fsp3) is 0.556. The smallest absolute Gasteiger partial charge is 0.338 e. The Hall–Kier alpha value is -1.84. The summed E-state index contributed by atoms with van der Waals surface area (Å²) in [5.74, 6) is -0.339. The number of rotatable bonds is 5. The van der Waals surface area contributed by atoms with Crippen LogP contribution in [0.5, 0.6) is 0 Å². The summed E-state index contributed by atoms with van der Waals surface area (Å²) in [7, 11) is 0. The fourth-order valence-electron chi connectivity index (χ4n) is 2.54. The number of aryl methyl sites for hydroxylation is 2. The second-order valence-electron chi connectivity index (χ2n) is 6.37. The van der Waals surface area contributed by atoms with Crippen molar-refractivity contribution in [3.8, 4) is 0 Å². The lowest BCUT2D eigenvalue weighted by molar-refractivity contribution is -0.125. The predicted molar refractivity (Wildman–Crippen MR) is 85.8 cm³/mol. The Bertz CT molecular complexity index is 551. The maximum atomic E-state index is 12.1. The molecule has 0 saturated carbocycles. The number of ether oxygens (including phenoxy) is 1. The molecule has 1 aromatic carbocycles. The van der Waals surface area contributed by atoms with Crippen LogP contribution < -0.4 is 5.32 Å². The third-order valence-corrected chi connectivity index (χ3v) is 4.31. The molecule has 4 nitrogen and oxygen atoms in total. The molecule has 0 bridgehead atoms. The maximum absolute atomic E-state index is 12.1. The molecule has 1 N–H and O–H groups in total. The van der Waals surface area contributed by atoms with Gasteiger partial charge < -0.3 is 10.1 Å². The van der Waals surface area contributed by atoms with Gasteiger partial charge in [-0.05, 0) is 61.8 Å². The standard InChI is InChI=1S/C18H25NO3/c1-12(2)13(3)19-17(20)11-22-18(21)16-9-8-14-6-4-5-7-15(14)10-16/h8-10,12-13H,4-7,11H2,1-3H3,(H,19,20)/t13-/m0/s1. The van der Waals surface area contributed by atoms with E-state index in [1.54, 1.807) is 6.07 Å². The first kappa shape index (κ1) is 16.5. The molecule has 120 valence electrons. The van der Waals surface area contributed by atoms with E-state index in [4.69, 9.17) is 4.74 Å². The first-order valence-corrected chi connectivity index (χ1v) is 8.05. The van der Waals surface area contributed by atoms with Crippen molar-refractivity contribution in [2.75, 3.05) is 6.61 Å². The summed E-state index contributed by atoms with van der Waals surface area (Å²) in [5.41, 5.74) is 3.09. The highest BCUT2D eigenvalue weighted by Gasteiger charge is 2.16. The lowest BCUT2D eigenvalue weighted by atomic mass is 9.90. The van der Waals surface area contributed by atoms with Crippen molar-refractivity contribution >= 4 is 11.9 Å². The van der Waals surface area contributed by atoms with E-state index >= 15 is 0 Å². The lowest BCUT2D eigenvalue weighted by Crippen LogP contribution is -2.38. The van der Waals surface area contributed by atoms with Crippen molar-refractivity contribution < 1.29 is 14.3 Å². The van der Waals surface area contributed by atoms with Gasteiger partial charge in [0.1, 0.15) is 0 Å². The number of nitrogens with one attached hydrogen (secondary N) is 1. The van der Waals surface area contributed by atoms with E-state index in [-0.39, 0.29) is 18.6 Å². The van der Waals surface area contributed by atoms with Gasteiger partial charge in [-0.2, -0.15) is 0 Å². The molecule has 1 amide bonds. The molecule has 22 heavy (non-hydrogen) atoms. The SMILES string of the molecule is CC(C)[C@H](C)NC(=O)COC(=O)c1ccc2c(c1)CCCC2. The van der Waals surface area contributed by atoms with Gasteiger partial charge in [-0.1, -0.05) is 19.9 Å². The molecule has 1 aromatic rings. The van der Waals surface area contributed by atoms with Gasteiger partial charge in [0.25, 0.3) is 5.91 Å².